The molecule has 0 amide bonds. The van der Waals surface area contributed by atoms with Crippen LogP contribution in [-0.2, 0) is 0 Å². The maximum absolute atomic E-state index is 4.58. The van der Waals surface area contributed by atoms with E-state index in [9.17, 15) is 0 Å². The summed E-state index contributed by atoms with van der Waals surface area (Å²) < 4.78 is 0. The zero-order chi connectivity index (χ0) is 38.4. The van der Waals surface area contributed by atoms with Gasteiger partial charge in [0.2, 0.25) is 0 Å². The fourth-order valence-corrected chi connectivity index (χ4v) is 29.0. The third kappa shape index (κ3) is 6.63. The molecular weight excluding hydrogens is 717 g/mol. The molecule has 10 rings (SSSR count). The highest BCUT2D eigenvalue weighted by Gasteiger charge is 2.55. The second-order valence-electron chi connectivity index (χ2n) is 20.2. The minimum absolute atomic E-state index is 0.894. The van der Waals surface area contributed by atoms with Gasteiger partial charge in [0.15, 0.2) is 0 Å². The molecule has 6 aliphatic carbocycles. The van der Waals surface area contributed by atoms with Crippen LogP contribution >= 0.6 is 0 Å². The Morgan fingerprint density at radius 3 is 1.07 bits per heavy atom. The lowest BCUT2D eigenvalue weighted by Crippen LogP contribution is -2.46. The Balaban J connectivity index is 1.26. The molecule has 0 aliphatic heterocycles. The second kappa shape index (κ2) is 16.2. The van der Waals surface area contributed by atoms with E-state index in [0.717, 1.165) is 33.2 Å². The van der Waals surface area contributed by atoms with Gasteiger partial charge in [-0.25, -0.2) is 0 Å². The second-order valence-corrected chi connectivity index (χ2v) is 29.3. The lowest BCUT2D eigenvalue weighted by Gasteiger charge is -2.43. The van der Waals surface area contributed by atoms with Crippen LogP contribution in [0.2, 0.25) is 33.2 Å². The summed E-state index contributed by atoms with van der Waals surface area (Å²) in [5.74, 6) is 8.62. The molecule has 57 heavy (non-hydrogen) atoms. The molecule has 4 aromatic rings. The Hall–Kier alpha value is -3.05. The van der Waals surface area contributed by atoms with E-state index in [0.29, 0.717) is 0 Å². The van der Waals surface area contributed by atoms with Crippen molar-refractivity contribution in [3.05, 3.63) is 77.4 Å². The minimum Gasteiger partial charge on any atom is -0.125 e. The maximum Gasteiger partial charge on any atom is 0.148 e. The van der Waals surface area contributed by atoms with Crippen molar-refractivity contribution in [2.75, 3.05) is 0 Å². The number of hydrogen-bond acceptors (Lipinski definition) is 0. The van der Waals surface area contributed by atoms with E-state index in [1.54, 1.807) is 0 Å². The van der Waals surface area contributed by atoms with Gasteiger partial charge in [-0.05, 0) is 108 Å². The quantitative estimate of drug-likeness (QED) is 0.0995. The van der Waals surface area contributed by atoms with Crippen LogP contribution in [0.1, 0.15) is 176 Å². The topological polar surface area (TPSA) is 0 Å². The lowest BCUT2D eigenvalue weighted by atomic mass is 9.88. The van der Waals surface area contributed by atoms with Crippen molar-refractivity contribution in [3.63, 3.8) is 0 Å². The summed E-state index contributed by atoms with van der Waals surface area (Å²) in [6.07, 6.45) is 36.7. The number of hydrogen-bond donors (Lipinski definition) is 0. The van der Waals surface area contributed by atoms with Gasteiger partial charge in [0, 0.05) is 11.1 Å². The third-order valence-electron chi connectivity index (χ3n) is 17.6. The summed E-state index contributed by atoms with van der Waals surface area (Å²) in [4.78, 5) is 0. The summed E-state index contributed by atoms with van der Waals surface area (Å²) in [5, 5.41) is 8.10. The van der Waals surface area contributed by atoms with Crippen molar-refractivity contribution in [2.24, 2.45) is 0 Å². The number of fused-ring (bicyclic) bond motifs is 3. The van der Waals surface area contributed by atoms with Crippen molar-refractivity contribution in [3.8, 4) is 22.9 Å². The van der Waals surface area contributed by atoms with Crippen LogP contribution in [0, 0.1) is 29.9 Å². The van der Waals surface area contributed by atoms with Crippen LogP contribution in [0.25, 0.3) is 38.4 Å². The van der Waals surface area contributed by atoms with Gasteiger partial charge in [-0.2, -0.15) is 0 Å². The highest BCUT2D eigenvalue weighted by atomic mass is 28.3. The molecule has 296 valence electrons. The summed E-state index contributed by atoms with van der Waals surface area (Å²) in [6, 6.07) is 19.2. The first-order chi connectivity index (χ1) is 28.1. The average molecular weight is 785 g/mol. The van der Waals surface area contributed by atoms with Gasteiger partial charge in [0.1, 0.15) is 16.1 Å². The van der Waals surface area contributed by atoms with Gasteiger partial charge in [0.25, 0.3) is 0 Å². The molecule has 6 saturated carbocycles. The zero-order valence-corrected chi connectivity index (χ0v) is 37.3. The Morgan fingerprint density at radius 2 is 0.754 bits per heavy atom. The minimum atomic E-state index is -1.94. The molecule has 0 heterocycles. The van der Waals surface area contributed by atoms with Crippen molar-refractivity contribution in [1.82, 2.24) is 0 Å². The Kier molecular flexibility index (Phi) is 10.8. The molecule has 0 nitrogen and oxygen atoms in total. The maximum atomic E-state index is 4.58. The van der Waals surface area contributed by atoms with E-state index >= 15 is 0 Å². The fraction of sp³-hybridized carbons (Fsp3) is 0.564. The predicted octanol–water partition coefficient (Wildman–Crippen LogP) is 16.4. The smallest absolute Gasteiger partial charge is 0.125 e. The molecule has 0 unspecified atom stereocenters. The van der Waals surface area contributed by atoms with Gasteiger partial charge >= 0.3 is 0 Å². The number of rotatable bonds is 7. The molecule has 0 N–H and O–H groups in total. The monoisotopic (exact) mass is 784 g/mol. The Labute approximate surface area is 347 Å². The average Bonchev–Trinajstić information content (AvgIpc) is 4.10. The van der Waals surface area contributed by atoms with Crippen molar-refractivity contribution in [2.45, 2.75) is 194 Å². The van der Waals surface area contributed by atoms with E-state index in [4.69, 9.17) is 0 Å². The zero-order valence-electron chi connectivity index (χ0n) is 35.3. The van der Waals surface area contributed by atoms with E-state index in [1.807, 2.05) is 0 Å². The predicted molar refractivity (Wildman–Crippen MR) is 252 cm³/mol. The van der Waals surface area contributed by atoms with E-state index in [2.05, 4.69) is 91.0 Å². The largest absolute Gasteiger partial charge is 0.148 e. The van der Waals surface area contributed by atoms with Gasteiger partial charge in [-0.1, -0.05) is 203 Å². The van der Waals surface area contributed by atoms with Crippen LogP contribution < -0.4 is 0 Å². The Morgan fingerprint density at radius 1 is 0.456 bits per heavy atom. The van der Waals surface area contributed by atoms with Crippen LogP contribution in [0.15, 0.2) is 55.1 Å². The molecular formula is C55H68Si2. The first kappa shape index (κ1) is 38.2. The molecule has 6 fully saturated rings. The fourth-order valence-electron chi connectivity index (χ4n) is 14.9. The van der Waals surface area contributed by atoms with Crippen molar-refractivity contribution < 1.29 is 0 Å². The van der Waals surface area contributed by atoms with E-state index in [1.165, 1.54) is 209 Å². The van der Waals surface area contributed by atoms with Gasteiger partial charge in [0.05, 0.1) is 0 Å². The summed E-state index contributed by atoms with van der Waals surface area (Å²) in [7, 11) is -3.88. The van der Waals surface area contributed by atoms with Crippen molar-refractivity contribution >= 4 is 54.5 Å². The highest BCUT2D eigenvalue weighted by Crippen LogP contribution is 2.60. The van der Waals surface area contributed by atoms with Crippen LogP contribution in [0.5, 0.6) is 0 Å². The summed E-state index contributed by atoms with van der Waals surface area (Å²) in [5.41, 5.74) is 19.7. The SMILES string of the molecule is C=Cc1cc2c(C#C[Si](C3CCCC3)(C3CCCC3)C3CCCC3)c3cc4ccccc4cc3c(C#C[Si](C3CCCC3)(C3CCCC3)C3CCCC3)c2cc1C. The summed E-state index contributed by atoms with van der Waals surface area (Å²) >= 11 is 0. The highest BCUT2D eigenvalue weighted by molar-refractivity contribution is 6.91. The summed E-state index contributed by atoms with van der Waals surface area (Å²) in [6.45, 7) is 6.65. The lowest BCUT2D eigenvalue weighted by molar-refractivity contribution is 0.690. The van der Waals surface area contributed by atoms with Gasteiger partial charge in [-0.3, -0.25) is 0 Å². The molecule has 2 heteroatoms. The first-order valence-corrected chi connectivity index (χ1v) is 28.7. The molecule has 0 aromatic heterocycles. The van der Waals surface area contributed by atoms with Gasteiger partial charge in [-0.15, -0.1) is 11.1 Å². The molecule has 4 aromatic carbocycles. The Bertz CT molecular complexity index is 2170. The molecule has 0 saturated heterocycles. The molecule has 0 bridgehead atoms. The van der Waals surface area contributed by atoms with E-state index in [-0.39, 0.29) is 0 Å². The standard InChI is InChI=1S/C55H68Si2/c1-3-41-37-53-51(33-35-57(47-26-12-13-27-47,48-28-14-15-29-48)49-30-16-17-31-49)55-39-43-19-5-4-18-42(43)38-54(55)50(52(53)36-40(41)2)32-34-56(44-20-6-7-21-44,45-22-8-9-23-45)46-24-10-11-25-46/h3-5,18-19,36-39,44-49H,1,6-17,20-31H2,2H3. The molecule has 0 spiro atoms. The molecule has 0 radical (unpaired) electrons. The van der Waals surface area contributed by atoms with Gasteiger partial charge < -0.3 is 0 Å². The number of aryl methyl sites for hydroxylation is 1. The molecule has 0 atom stereocenters. The first-order valence-electron chi connectivity index (χ1n) is 24.2. The van der Waals surface area contributed by atoms with Crippen LogP contribution in [-0.4, -0.2) is 16.1 Å². The van der Waals surface area contributed by atoms with Crippen LogP contribution in [0.3, 0.4) is 0 Å². The third-order valence-corrected chi connectivity index (χ3v) is 30.3. The van der Waals surface area contributed by atoms with E-state index < -0.39 is 16.1 Å². The normalized spacial score (nSPS) is 22.3. The van der Waals surface area contributed by atoms with Crippen molar-refractivity contribution in [1.29, 1.82) is 0 Å². The van der Waals surface area contributed by atoms with Crippen LogP contribution in [0.4, 0.5) is 0 Å². The molecule has 6 aliphatic rings. The number of benzene rings is 4.